The number of hydrogen-bond acceptors (Lipinski definition) is 7. The van der Waals surface area contributed by atoms with E-state index < -0.39 is 0 Å². The van der Waals surface area contributed by atoms with Gasteiger partial charge in [-0.05, 0) is 45.6 Å². The summed E-state index contributed by atoms with van der Waals surface area (Å²) in [6.07, 6.45) is 5.26. The van der Waals surface area contributed by atoms with Crippen LogP contribution in [0.5, 0.6) is 0 Å². The van der Waals surface area contributed by atoms with E-state index in [0.717, 1.165) is 61.3 Å². The van der Waals surface area contributed by atoms with E-state index in [9.17, 15) is 5.11 Å². The molecular weight excluding hydrogens is 330 g/mol. The van der Waals surface area contributed by atoms with Gasteiger partial charge in [0, 0.05) is 29.6 Å². The normalized spacial score (nSPS) is 23.8. The van der Waals surface area contributed by atoms with E-state index in [4.69, 9.17) is 14.7 Å². The smallest absolute Gasteiger partial charge is 0.223 e. The third-order valence-electron chi connectivity index (χ3n) is 5.10. The topological polar surface area (TPSA) is 92.2 Å². The van der Waals surface area contributed by atoms with Gasteiger partial charge in [-0.3, -0.25) is 0 Å². The summed E-state index contributed by atoms with van der Waals surface area (Å²) in [5, 5.41) is 17.5. The van der Waals surface area contributed by atoms with Gasteiger partial charge in [0.15, 0.2) is 5.82 Å². The maximum Gasteiger partial charge on any atom is 0.223 e. The van der Waals surface area contributed by atoms with Gasteiger partial charge < -0.3 is 20.5 Å². The molecule has 7 nitrogen and oxygen atoms in total. The van der Waals surface area contributed by atoms with Gasteiger partial charge in [0.2, 0.25) is 5.95 Å². The molecule has 3 N–H and O–H groups in total. The van der Waals surface area contributed by atoms with Crippen molar-refractivity contribution in [3.05, 3.63) is 18.0 Å². The van der Waals surface area contributed by atoms with E-state index in [-0.39, 0.29) is 12.1 Å². The molecule has 26 heavy (non-hydrogen) atoms. The number of aliphatic hydroxyl groups excluding tert-OH is 1. The number of aliphatic hydroxyl groups is 1. The van der Waals surface area contributed by atoms with Crippen molar-refractivity contribution in [3.63, 3.8) is 0 Å². The third-order valence-corrected chi connectivity index (χ3v) is 5.10. The zero-order valence-corrected chi connectivity index (χ0v) is 15.4. The average molecular weight is 357 g/mol. The Bertz CT molecular complexity index is 770. The van der Waals surface area contributed by atoms with Crippen molar-refractivity contribution in [1.82, 2.24) is 15.0 Å². The van der Waals surface area contributed by atoms with Crippen molar-refractivity contribution in [2.75, 3.05) is 23.8 Å². The van der Waals surface area contributed by atoms with E-state index in [0.29, 0.717) is 17.9 Å². The van der Waals surface area contributed by atoms with Crippen LogP contribution in [0.4, 0.5) is 11.8 Å². The van der Waals surface area contributed by atoms with Crippen molar-refractivity contribution in [2.45, 2.75) is 63.6 Å². The van der Waals surface area contributed by atoms with Crippen molar-refractivity contribution in [1.29, 1.82) is 0 Å². The molecule has 1 aliphatic heterocycles. The van der Waals surface area contributed by atoms with E-state index in [1.54, 1.807) is 0 Å². The number of nitrogens with one attached hydrogen (secondary N) is 2. The quantitative estimate of drug-likeness (QED) is 0.757. The highest BCUT2D eigenvalue weighted by atomic mass is 16.5. The van der Waals surface area contributed by atoms with E-state index in [1.165, 1.54) is 0 Å². The Labute approximate surface area is 153 Å². The van der Waals surface area contributed by atoms with E-state index in [2.05, 4.69) is 35.5 Å². The summed E-state index contributed by atoms with van der Waals surface area (Å²) in [7, 11) is 0. The summed E-state index contributed by atoms with van der Waals surface area (Å²) in [5.41, 5.74) is 1.88. The summed E-state index contributed by atoms with van der Waals surface area (Å²) in [4.78, 5) is 14.1. The number of nitrogens with zero attached hydrogens (tertiary/aromatic N) is 3. The molecular formula is C19H27N5O2. The molecule has 1 saturated carbocycles. The number of aromatic nitrogens is 3. The third kappa shape index (κ3) is 3.73. The van der Waals surface area contributed by atoms with Crippen molar-refractivity contribution in [3.8, 4) is 0 Å². The summed E-state index contributed by atoms with van der Waals surface area (Å²) in [6.45, 7) is 5.65. The molecule has 0 aromatic carbocycles. The predicted molar refractivity (Wildman–Crippen MR) is 102 cm³/mol. The second-order valence-corrected chi connectivity index (χ2v) is 7.71. The Balaban J connectivity index is 1.62. The summed E-state index contributed by atoms with van der Waals surface area (Å²) in [6, 6.07) is 2.66. The van der Waals surface area contributed by atoms with E-state index in [1.807, 2.05) is 6.20 Å². The highest BCUT2D eigenvalue weighted by Crippen LogP contribution is 2.29. The van der Waals surface area contributed by atoms with Gasteiger partial charge in [-0.25, -0.2) is 15.0 Å². The fraction of sp³-hybridized carbons (Fsp3) is 0.632. The molecule has 1 aliphatic carbocycles. The maximum atomic E-state index is 9.67. The molecule has 7 heteroatoms. The van der Waals surface area contributed by atoms with Crippen LogP contribution >= 0.6 is 0 Å². The van der Waals surface area contributed by atoms with Gasteiger partial charge in [0.05, 0.1) is 25.0 Å². The molecule has 0 amide bonds. The standard InChI is InChI=1S/C19H27N5O2/c1-11(2)21-18-17-12(7-16(23-18)13-9-26-10-13)8-20-19(24-17)22-14-3-5-15(25)6-4-14/h7-8,11,13-15,25H,3-6,9-10H2,1-2H3,(H,21,23)(H,20,22,24)/t14-,15-. The van der Waals surface area contributed by atoms with Crippen molar-refractivity contribution < 1.29 is 9.84 Å². The van der Waals surface area contributed by atoms with Crippen LogP contribution in [0.25, 0.3) is 10.9 Å². The molecule has 0 bridgehead atoms. The molecule has 2 fully saturated rings. The first-order valence-electron chi connectivity index (χ1n) is 9.55. The van der Waals surface area contributed by atoms with E-state index >= 15 is 0 Å². The number of hydrogen-bond donors (Lipinski definition) is 3. The number of pyridine rings is 1. The SMILES string of the molecule is CC(C)Nc1nc(C2COC2)cc2cnc(N[C@H]3CC[C@H](O)CC3)nc12. The number of ether oxygens (including phenoxy) is 1. The molecule has 0 spiro atoms. The van der Waals surface area contributed by atoms with Crippen LogP contribution in [0, 0.1) is 0 Å². The van der Waals surface area contributed by atoms with Crippen LogP contribution in [0.1, 0.15) is 51.1 Å². The second-order valence-electron chi connectivity index (χ2n) is 7.71. The first-order valence-corrected chi connectivity index (χ1v) is 9.55. The molecule has 0 atom stereocenters. The zero-order valence-electron chi connectivity index (χ0n) is 15.4. The van der Waals surface area contributed by atoms with Crippen LogP contribution in [0.2, 0.25) is 0 Å². The minimum absolute atomic E-state index is 0.162. The molecule has 2 aromatic rings. The molecule has 2 aliphatic rings. The van der Waals surface area contributed by atoms with Crippen molar-refractivity contribution in [2.24, 2.45) is 0 Å². The molecule has 0 unspecified atom stereocenters. The largest absolute Gasteiger partial charge is 0.393 e. The minimum Gasteiger partial charge on any atom is -0.393 e. The van der Waals surface area contributed by atoms with Gasteiger partial charge in [-0.2, -0.15) is 0 Å². The summed E-state index contributed by atoms with van der Waals surface area (Å²) >= 11 is 0. The zero-order chi connectivity index (χ0) is 18.1. The summed E-state index contributed by atoms with van der Waals surface area (Å²) < 4.78 is 5.31. The lowest BCUT2D eigenvalue weighted by molar-refractivity contribution is 0.00683. The van der Waals surface area contributed by atoms with Gasteiger partial charge >= 0.3 is 0 Å². The van der Waals surface area contributed by atoms with Gasteiger partial charge in [-0.15, -0.1) is 0 Å². The number of fused-ring (bicyclic) bond motifs is 1. The predicted octanol–water partition coefficient (Wildman–Crippen LogP) is 2.67. The van der Waals surface area contributed by atoms with Crippen LogP contribution in [0.3, 0.4) is 0 Å². The Kier molecular flexibility index (Phi) is 4.91. The van der Waals surface area contributed by atoms with Crippen LogP contribution in [-0.2, 0) is 4.74 Å². The summed E-state index contributed by atoms with van der Waals surface area (Å²) in [5.74, 6) is 1.80. The molecule has 1 saturated heterocycles. The lowest BCUT2D eigenvalue weighted by Gasteiger charge is -2.27. The average Bonchev–Trinajstić information content (AvgIpc) is 2.55. The monoisotopic (exact) mass is 357 g/mol. The minimum atomic E-state index is -0.162. The fourth-order valence-corrected chi connectivity index (χ4v) is 3.52. The first kappa shape index (κ1) is 17.4. The Morgan fingerprint density at radius 2 is 1.92 bits per heavy atom. The van der Waals surface area contributed by atoms with Crippen LogP contribution in [-0.4, -0.2) is 51.5 Å². The van der Waals surface area contributed by atoms with Gasteiger partial charge in [0.25, 0.3) is 0 Å². The second kappa shape index (κ2) is 7.32. The molecule has 4 rings (SSSR count). The number of anilines is 2. The highest BCUT2D eigenvalue weighted by Gasteiger charge is 2.24. The lowest BCUT2D eigenvalue weighted by Crippen LogP contribution is -2.29. The highest BCUT2D eigenvalue weighted by molar-refractivity contribution is 5.89. The first-order chi connectivity index (χ1) is 12.6. The number of rotatable bonds is 5. The Morgan fingerprint density at radius 3 is 2.58 bits per heavy atom. The maximum absolute atomic E-state index is 9.67. The van der Waals surface area contributed by atoms with Gasteiger partial charge in [-0.1, -0.05) is 0 Å². The Morgan fingerprint density at radius 1 is 1.15 bits per heavy atom. The fourth-order valence-electron chi connectivity index (χ4n) is 3.52. The van der Waals surface area contributed by atoms with Crippen LogP contribution < -0.4 is 10.6 Å². The molecule has 0 radical (unpaired) electrons. The lowest BCUT2D eigenvalue weighted by atomic mass is 9.93. The van der Waals surface area contributed by atoms with Gasteiger partial charge in [0.1, 0.15) is 5.52 Å². The molecule has 2 aromatic heterocycles. The molecule has 140 valence electrons. The molecule has 3 heterocycles. The van der Waals surface area contributed by atoms with Crippen molar-refractivity contribution >= 4 is 22.7 Å². The van der Waals surface area contributed by atoms with Crippen LogP contribution in [0.15, 0.2) is 12.3 Å². The Hall–Kier alpha value is -1.99.